The third kappa shape index (κ3) is 6.43. The van der Waals surface area contributed by atoms with E-state index in [1.807, 2.05) is 7.05 Å². The lowest BCUT2D eigenvalue weighted by atomic mass is 9.55. The highest BCUT2D eigenvalue weighted by Crippen LogP contribution is 2.53. The Morgan fingerprint density at radius 2 is 1.86 bits per heavy atom. The van der Waals surface area contributed by atoms with E-state index >= 15 is 0 Å². The molecule has 0 bridgehead atoms. The van der Waals surface area contributed by atoms with Crippen LogP contribution in [0.2, 0.25) is 0 Å². The van der Waals surface area contributed by atoms with Crippen molar-refractivity contribution in [1.82, 2.24) is 15.5 Å². The molecule has 3 fully saturated rings. The molecule has 2 atom stereocenters. The van der Waals surface area contributed by atoms with Crippen LogP contribution in [0.3, 0.4) is 0 Å². The lowest BCUT2D eigenvalue weighted by Gasteiger charge is -2.58. The topological polar surface area (TPSA) is 58.1 Å². The summed E-state index contributed by atoms with van der Waals surface area (Å²) < 4.78 is 11.3. The van der Waals surface area contributed by atoms with Crippen molar-refractivity contribution in [3.63, 3.8) is 0 Å². The maximum absolute atomic E-state index is 6.10. The maximum atomic E-state index is 6.10. The SMILES string of the molecule is CCOC1CC(NC(=NC)NC2CCN(CCCOC)CC2)C12CCCCC2.I. The van der Waals surface area contributed by atoms with Crippen molar-refractivity contribution >= 4 is 29.9 Å². The van der Waals surface area contributed by atoms with Gasteiger partial charge in [0.05, 0.1) is 6.10 Å². The first-order valence-electron chi connectivity index (χ1n) is 11.5. The van der Waals surface area contributed by atoms with Crippen LogP contribution in [0.5, 0.6) is 0 Å². The van der Waals surface area contributed by atoms with E-state index in [0.29, 0.717) is 23.6 Å². The number of guanidine groups is 1. The summed E-state index contributed by atoms with van der Waals surface area (Å²) in [6.45, 7) is 7.29. The second-order valence-corrected chi connectivity index (χ2v) is 8.85. The first-order valence-corrected chi connectivity index (χ1v) is 11.5. The van der Waals surface area contributed by atoms with E-state index in [0.717, 1.165) is 51.6 Å². The van der Waals surface area contributed by atoms with Crippen molar-refractivity contribution in [3.05, 3.63) is 0 Å². The van der Waals surface area contributed by atoms with Crippen molar-refractivity contribution in [2.24, 2.45) is 10.4 Å². The summed E-state index contributed by atoms with van der Waals surface area (Å²) >= 11 is 0. The van der Waals surface area contributed by atoms with Crippen LogP contribution < -0.4 is 10.6 Å². The molecular formula is C22H43IN4O2. The highest BCUT2D eigenvalue weighted by Gasteiger charge is 2.55. The molecule has 3 rings (SSSR count). The smallest absolute Gasteiger partial charge is 0.191 e. The molecule has 3 aliphatic rings. The van der Waals surface area contributed by atoms with Gasteiger partial charge in [-0.25, -0.2) is 0 Å². The van der Waals surface area contributed by atoms with Crippen molar-refractivity contribution in [3.8, 4) is 0 Å². The summed E-state index contributed by atoms with van der Waals surface area (Å²) in [7, 11) is 3.69. The van der Waals surface area contributed by atoms with E-state index in [9.17, 15) is 0 Å². The van der Waals surface area contributed by atoms with E-state index in [2.05, 4.69) is 27.4 Å². The van der Waals surface area contributed by atoms with Gasteiger partial charge in [-0.05, 0) is 45.4 Å². The van der Waals surface area contributed by atoms with Crippen LogP contribution in [0.25, 0.3) is 0 Å². The van der Waals surface area contributed by atoms with Crippen LogP contribution in [0.4, 0.5) is 0 Å². The highest BCUT2D eigenvalue weighted by atomic mass is 127. The Bertz CT molecular complexity index is 491. The minimum Gasteiger partial charge on any atom is -0.385 e. The van der Waals surface area contributed by atoms with Gasteiger partial charge >= 0.3 is 0 Å². The molecule has 2 unspecified atom stereocenters. The zero-order valence-electron chi connectivity index (χ0n) is 18.8. The number of piperidine rings is 1. The number of hydrogen-bond acceptors (Lipinski definition) is 4. The van der Waals surface area contributed by atoms with Gasteiger partial charge in [-0.15, -0.1) is 24.0 Å². The fourth-order valence-electron chi connectivity index (χ4n) is 5.53. The summed E-state index contributed by atoms with van der Waals surface area (Å²) in [6, 6.07) is 1.03. The molecule has 0 radical (unpaired) electrons. The number of halogens is 1. The van der Waals surface area contributed by atoms with Crippen LogP contribution in [0, 0.1) is 5.41 Å². The molecular weight excluding hydrogens is 479 g/mol. The summed E-state index contributed by atoms with van der Waals surface area (Å²) in [4.78, 5) is 7.11. The van der Waals surface area contributed by atoms with Gasteiger partial charge in [0.2, 0.25) is 0 Å². The monoisotopic (exact) mass is 522 g/mol. The number of rotatable bonds is 8. The Labute approximate surface area is 195 Å². The number of ether oxygens (including phenoxy) is 2. The molecule has 1 spiro atoms. The molecule has 170 valence electrons. The number of likely N-dealkylation sites (tertiary alicyclic amines) is 1. The molecule has 29 heavy (non-hydrogen) atoms. The van der Waals surface area contributed by atoms with E-state index in [1.165, 1.54) is 44.9 Å². The van der Waals surface area contributed by atoms with Gasteiger partial charge in [0.25, 0.3) is 0 Å². The summed E-state index contributed by atoms with van der Waals surface area (Å²) in [5.74, 6) is 0.989. The highest BCUT2D eigenvalue weighted by molar-refractivity contribution is 14.0. The predicted octanol–water partition coefficient (Wildman–Crippen LogP) is 3.40. The summed E-state index contributed by atoms with van der Waals surface area (Å²) in [5, 5.41) is 7.49. The molecule has 0 aromatic rings. The van der Waals surface area contributed by atoms with E-state index in [1.54, 1.807) is 7.11 Å². The van der Waals surface area contributed by atoms with Crippen molar-refractivity contribution < 1.29 is 9.47 Å². The second-order valence-electron chi connectivity index (χ2n) is 8.85. The normalized spacial score (nSPS) is 27.9. The molecule has 1 heterocycles. The van der Waals surface area contributed by atoms with Crippen LogP contribution >= 0.6 is 24.0 Å². The van der Waals surface area contributed by atoms with Gasteiger partial charge in [0, 0.05) is 64.5 Å². The van der Waals surface area contributed by atoms with Crippen LogP contribution in [0.1, 0.15) is 64.7 Å². The fraction of sp³-hybridized carbons (Fsp3) is 0.955. The molecule has 0 aromatic heterocycles. The molecule has 2 N–H and O–H groups in total. The van der Waals surface area contributed by atoms with Gasteiger partial charge in [-0.3, -0.25) is 4.99 Å². The summed E-state index contributed by atoms with van der Waals surface area (Å²) in [5.41, 5.74) is 0.330. The Hall–Kier alpha value is -0.120. The van der Waals surface area contributed by atoms with Gasteiger partial charge in [0.15, 0.2) is 5.96 Å². The Morgan fingerprint density at radius 3 is 2.48 bits per heavy atom. The zero-order chi connectivity index (χ0) is 19.8. The number of nitrogens with one attached hydrogen (secondary N) is 2. The largest absolute Gasteiger partial charge is 0.385 e. The predicted molar refractivity (Wildman–Crippen MR) is 130 cm³/mol. The van der Waals surface area contributed by atoms with Gasteiger partial charge in [-0.2, -0.15) is 0 Å². The molecule has 0 aromatic carbocycles. The lowest BCUT2D eigenvalue weighted by Crippen LogP contribution is -2.67. The minimum absolute atomic E-state index is 0. The molecule has 2 aliphatic carbocycles. The van der Waals surface area contributed by atoms with E-state index in [-0.39, 0.29) is 24.0 Å². The third-order valence-electron chi connectivity index (χ3n) is 7.22. The van der Waals surface area contributed by atoms with E-state index in [4.69, 9.17) is 9.47 Å². The Kier molecular flexibility index (Phi) is 11.0. The fourth-order valence-corrected chi connectivity index (χ4v) is 5.53. The van der Waals surface area contributed by atoms with Gasteiger partial charge < -0.3 is 25.0 Å². The molecule has 2 saturated carbocycles. The van der Waals surface area contributed by atoms with Crippen LogP contribution in [-0.2, 0) is 9.47 Å². The standard InChI is InChI=1S/C22H42N4O2.HI/c1-4-28-20-17-19(22(20)11-6-5-7-12-22)25-21(23-2)24-18-9-14-26(15-10-18)13-8-16-27-3;/h18-20H,4-17H2,1-3H3,(H2,23,24,25);1H. The van der Waals surface area contributed by atoms with Gasteiger partial charge in [0.1, 0.15) is 0 Å². The lowest BCUT2D eigenvalue weighted by molar-refractivity contribution is -0.145. The Balaban J connectivity index is 0.00000300. The quantitative estimate of drug-likeness (QED) is 0.222. The van der Waals surface area contributed by atoms with Gasteiger partial charge in [-0.1, -0.05) is 19.3 Å². The number of hydrogen-bond donors (Lipinski definition) is 2. The average molecular weight is 523 g/mol. The first-order chi connectivity index (χ1) is 13.7. The number of aliphatic imine (C=N–C) groups is 1. The van der Waals surface area contributed by atoms with E-state index < -0.39 is 0 Å². The van der Waals surface area contributed by atoms with Crippen molar-refractivity contribution in [2.45, 2.75) is 82.9 Å². The molecule has 7 heteroatoms. The third-order valence-corrected chi connectivity index (χ3v) is 7.22. The molecule has 1 aliphatic heterocycles. The summed E-state index contributed by atoms with van der Waals surface area (Å²) in [6.07, 6.45) is 11.7. The first kappa shape index (κ1) is 25.1. The second kappa shape index (κ2) is 12.7. The average Bonchev–Trinajstić information content (AvgIpc) is 2.74. The molecule has 1 saturated heterocycles. The van der Waals surface area contributed by atoms with Crippen LogP contribution in [-0.4, -0.2) is 76.1 Å². The minimum atomic E-state index is 0. The zero-order valence-corrected chi connectivity index (χ0v) is 21.1. The molecule has 6 nitrogen and oxygen atoms in total. The van der Waals surface area contributed by atoms with Crippen molar-refractivity contribution in [2.75, 3.05) is 47.0 Å². The maximum Gasteiger partial charge on any atom is 0.191 e. The Morgan fingerprint density at radius 1 is 1.14 bits per heavy atom. The van der Waals surface area contributed by atoms with Crippen molar-refractivity contribution in [1.29, 1.82) is 0 Å². The molecule has 0 amide bonds. The number of nitrogens with zero attached hydrogens (tertiary/aromatic N) is 2. The van der Waals surface area contributed by atoms with Crippen LogP contribution in [0.15, 0.2) is 4.99 Å². The number of methoxy groups -OCH3 is 1.